The standard InChI is InChI=1S/C11H22O2S/c1-4-6-7-8-10(12)9(3)11(13)14-5-2/h9-10,12H,4-8H2,1-3H3/t9-,10-/m0/s1. The highest BCUT2D eigenvalue weighted by Gasteiger charge is 2.20. The Labute approximate surface area is 91.5 Å². The van der Waals surface area contributed by atoms with Gasteiger partial charge in [-0.05, 0) is 12.2 Å². The molecule has 0 aromatic rings. The molecule has 0 heterocycles. The maximum Gasteiger partial charge on any atom is 0.194 e. The second kappa shape index (κ2) is 8.30. The van der Waals surface area contributed by atoms with Crippen molar-refractivity contribution < 1.29 is 9.90 Å². The molecule has 2 atom stereocenters. The second-order valence-corrected chi connectivity index (χ2v) is 4.87. The van der Waals surface area contributed by atoms with Gasteiger partial charge in [-0.25, -0.2) is 0 Å². The van der Waals surface area contributed by atoms with Gasteiger partial charge in [-0.15, -0.1) is 0 Å². The average molecular weight is 218 g/mol. The Bertz CT molecular complexity index is 159. The maximum absolute atomic E-state index is 11.4. The molecule has 0 fully saturated rings. The minimum absolute atomic E-state index is 0.122. The number of unbranched alkanes of at least 4 members (excludes halogenated alkanes) is 2. The van der Waals surface area contributed by atoms with Crippen LogP contribution in [0.1, 0.15) is 46.5 Å². The largest absolute Gasteiger partial charge is 0.392 e. The lowest BCUT2D eigenvalue weighted by atomic mass is 10.0. The summed E-state index contributed by atoms with van der Waals surface area (Å²) < 4.78 is 0. The number of thioether (sulfide) groups is 1. The number of hydrogen-bond donors (Lipinski definition) is 1. The quantitative estimate of drug-likeness (QED) is 0.668. The normalized spacial score (nSPS) is 15.1. The topological polar surface area (TPSA) is 37.3 Å². The lowest BCUT2D eigenvalue weighted by Gasteiger charge is -2.16. The number of hydrogen-bond acceptors (Lipinski definition) is 3. The van der Waals surface area contributed by atoms with E-state index in [1.165, 1.54) is 11.8 Å². The molecular formula is C11H22O2S. The van der Waals surface area contributed by atoms with E-state index in [1.807, 2.05) is 13.8 Å². The summed E-state index contributed by atoms with van der Waals surface area (Å²) in [6.45, 7) is 5.91. The van der Waals surface area contributed by atoms with Crippen molar-refractivity contribution >= 4 is 16.9 Å². The van der Waals surface area contributed by atoms with Crippen molar-refractivity contribution in [1.29, 1.82) is 0 Å². The predicted molar refractivity (Wildman–Crippen MR) is 62.5 cm³/mol. The van der Waals surface area contributed by atoms with Crippen molar-refractivity contribution in [1.82, 2.24) is 0 Å². The first kappa shape index (κ1) is 14.0. The lowest BCUT2D eigenvalue weighted by molar-refractivity contribution is -0.117. The summed E-state index contributed by atoms with van der Waals surface area (Å²) in [5.74, 6) is 0.585. The Balaban J connectivity index is 3.74. The monoisotopic (exact) mass is 218 g/mol. The molecule has 0 unspecified atom stereocenters. The van der Waals surface area contributed by atoms with Crippen LogP contribution in [0.3, 0.4) is 0 Å². The third-order valence-corrected chi connectivity index (χ3v) is 3.28. The van der Waals surface area contributed by atoms with Crippen molar-refractivity contribution in [3.63, 3.8) is 0 Å². The summed E-state index contributed by atoms with van der Waals surface area (Å²) >= 11 is 1.31. The minimum Gasteiger partial charge on any atom is -0.392 e. The van der Waals surface area contributed by atoms with Crippen molar-refractivity contribution in [2.45, 2.75) is 52.6 Å². The molecule has 0 aliphatic heterocycles. The van der Waals surface area contributed by atoms with Crippen LogP contribution in [0.25, 0.3) is 0 Å². The van der Waals surface area contributed by atoms with Crippen LogP contribution in [0.4, 0.5) is 0 Å². The van der Waals surface area contributed by atoms with E-state index in [4.69, 9.17) is 0 Å². The zero-order valence-electron chi connectivity index (χ0n) is 9.45. The van der Waals surface area contributed by atoms with Gasteiger partial charge < -0.3 is 5.11 Å². The smallest absolute Gasteiger partial charge is 0.194 e. The van der Waals surface area contributed by atoms with Gasteiger partial charge in [0.05, 0.1) is 12.0 Å². The molecule has 0 saturated heterocycles. The molecule has 0 spiro atoms. The molecule has 0 aliphatic rings. The molecule has 0 saturated carbocycles. The molecule has 14 heavy (non-hydrogen) atoms. The van der Waals surface area contributed by atoms with E-state index in [9.17, 15) is 9.90 Å². The molecule has 0 rings (SSSR count). The molecule has 3 heteroatoms. The van der Waals surface area contributed by atoms with Crippen LogP contribution < -0.4 is 0 Å². The lowest BCUT2D eigenvalue weighted by Crippen LogP contribution is -2.23. The Hall–Kier alpha value is -0.0200. The zero-order valence-corrected chi connectivity index (χ0v) is 10.3. The van der Waals surface area contributed by atoms with E-state index in [0.29, 0.717) is 0 Å². The number of aliphatic hydroxyl groups excluding tert-OH is 1. The average Bonchev–Trinajstić information content (AvgIpc) is 2.17. The highest BCUT2D eigenvalue weighted by atomic mass is 32.2. The molecule has 0 bridgehead atoms. The van der Waals surface area contributed by atoms with Crippen LogP contribution in [0.5, 0.6) is 0 Å². The summed E-state index contributed by atoms with van der Waals surface area (Å²) in [6.07, 6.45) is 3.61. The fraction of sp³-hybridized carbons (Fsp3) is 0.909. The van der Waals surface area contributed by atoms with Crippen molar-refractivity contribution in [3.05, 3.63) is 0 Å². The fourth-order valence-corrected chi connectivity index (χ4v) is 1.99. The molecule has 2 nitrogen and oxygen atoms in total. The van der Waals surface area contributed by atoms with Crippen LogP contribution >= 0.6 is 11.8 Å². The Morgan fingerprint density at radius 1 is 1.36 bits per heavy atom. The van der Waals surface area contributed by atoms with Crippen LogP contribution in [0.15, 0.2) is 0 Å². The number of rotatable bonds is 7. The van der Waals surface area contributed by atoms with E-state index in [-0.39, 0.29) is 11.0 Å². The van der Waals surface area contributed by atoms with E-state index in [2.05, 4.69) is 6.92 Å². The van der Waals surface area contributed by atoms with Crippen LogP contribution in [-0.4, -0.2) is 22.1 Å². The second-order valence-electron chi connectivity index (χ2n) is 3.60. The SMILES string of the molecule is CCCCC[C@H](O)[C@H](C)C(=O)SCC. The maximum atomic E-state index is 11.4. The first-order valence-corrected chi connectivity index (χ1v) is 6.46. The van der Waals surface area contributed by atoms with Gasteiger partial charge in [0.1, 0.15) is 0 Å². The Kier molecular flexibility index (Phi) is 8.29. The summed E-state index contributed by atoms with van der Waals surface area (Å²) in [4.78, 5) is 11.4. The van der Waals surface area contributed by atoms with E-state index < -0.39 is 6.10 Å². The van der Waals surface area contributed by atoms with Crippen LogP contribution in [0, 0.1) is 5.92 Å². The van der Waals surface area contributed by atoms with Gasteiger partial charge in [-0.3, -0.25) is 4.79 Å². The highest BCUT2D eigenvalue weighted by Crippen LogP contribution is 2.18. The molecule has 0 aromatic heterocycles. The first-order chi connectivity index (χ1) is 6.63. The van der Waals surface area contributed by atoms with Crippen molar-refractivity contribution in [2.75, 3.05) is 5.75 Å². The number of aliphatic hydroxyl groups is 1. The van der Waals surface area contributed by atoms with Gasteiger partial charge >= 0.3 is 0 Å². The third-order valence-electron chi connectivity index (χ3n) is 2.34. The third kappa shape index (κ3) is 5.66. The predicted octanol–water partition coefficient (Wildman–Crippen LogP) is 2.84. The zero-order chi connectivity index (χ0) is 11.0. The molecule has 0 radical (unpaired) electrons. The van der Waals surface area contributed by atoms with Crippen LogP contribution in [0.2, 0.25) is 0 Å². The van der Waals surface area contributed by atoms with Crippen LogP contribution in [-0.2, 0) is 4.79 Å². The Morgan fingerprint density at radius 2 is 2.00 bits per heavy atom. The van der Waals surface area contributed by atoms with Gasteiger partial charge in [-0.1, -0.05) is 51.8 Å². The summed E-state index contributed by atoms with van der Waals surface area (Å²) in [5, 5.41) is 9.83. The van der Waals surface area contributed by atoms with E-state index in [1.54, 1.807) is 0 Å². The Morgan fingerprint density at radius 3 is 2.50 bits per heavy atom. The number of carbonyl (C=O) groups is 1. The van der Waals surface area contributed by atoms with E-state index >= 15 is 0 Å². The molecular weight excluding hydrogens is 196 g/mol. The van der Waals surface area contributed by atoms with Gasteiger partial charge in [0, 0.05) is 0 Å². The summed E-state index contributed by atoms with van der Waals surface area (Å²) in [6, 6.07) is 0. The molecule has 1 N–H and O–H groups in total. The van der Waals surface area contributed by atoms with E-state index in [0.717, 1.165) is 31.4 Å². The summed E-state index contributed by atoms with van der Waals surface area (Å²) in [7, 11) is 0. The number of carbonyl (C=O) groups excluding carboxylic acids is 1. The molecule has 0 aromatic carbocycles. The highest BCUT2D eigenvalue weighted by molar-refractivity contribution is 8.13. The minimum atomic E-state index is -0.451. The van der Waals surface area contributed by atoms with Crippen molar-refractivity contribution in [2.24, 2.45) is 5.92 Å². The molecule has 0 aliphatic carbocycles. The van der Waals surface area contributed by atoms with Gasteiger partial charge in [0.25, 0.3) is 0 Å². The molecule has 84 valence electrons. The van der Waals surface area contributed by atoms with Gasteiger partial charge in [0.15, 0.2) is 5.12 Å². The first-order valence-electron chi connectivity index (χ1n) is 5.48. The van der Waals surface area contributed by atoms with Gasteiger partial charge in [0.2, 0.25) is 0 Å². The van der Waals surface area contributed by atoms with Crippen molar-refractivity contribution in [3.8, 4) is 0 Å². The molecule has 0 amide bonds. The summed E-state index contributed by atoms with van der Waals surface area (Å²) in [5.41, 5.74) is 0. The van der Waals surface area contributed by atoms with Gasteiger partial charge in [-0.2, -0.15) is 0 Å². The fourth-order valence-electron chi connectivity index (χ4n) is 1.28.